The third kappa shape index (κ3) is 1.42. The molecule has 0 radical (unpaired) electrons. The molecule has 1 aromatic heterocycles. The van der Waals surface area contributed by atoms with Crippen molar-refractivity contribution in [1.29, 1.82) is 5.41 Å². The zero-order valence-electron chi connectivity index (χ0n) is 6.17. The molecule has 12 heavy (non-hydrogen) atoms. The minimum Gasteiger partial charge on any atom is -0.499 e. The summed E-state index contributed by atoms with van der Waals surface area (Å²) in [7, 11) is 0. The zero-order chi connectivity index (χ0) is 9.30. The summed E-state index contributed by atoms with van der Waals surface area (Å²) in [5.41, 5.74) is -0.923. The van der Waals surface area contributed by atoms with E-state index in [4.69, 9.17) is 10.5 Å². The molecule has 1 heterocycles. The van der Waals surface area contributed by atoms with E-state index in [9.17, 15) is 9.59 Å². The van der Waals surface area contributed by atoms with Gasteiger partial charge in [-0.1, -0.05) is 0 Å². The quantitative estimate of drug-likeness (QED) is 0.534. The maximum atomic E-state index is 11.0. The number of hydrogen-bond donors (Lipinski definition) is 3. The van der Waals surface area contributed by atoms with Crippen molar-refractivity contribution in [2.24, 2.45) is 0 Å². The SMILES string of the molecule is CC(=N)c1c(O)sc(=O)[nH]c1=O. The van der Waals surface area contributed by atoms with Crippen LogP contribution in [0.15, 0.2) is 9.59 Å². The van der Waals surface area contributed by atoms with E-state index in [2.05, 4.69) is 0 Å². The Morgan fingerprint density at radius 3 is 2.58 bits per heavy atom. The van der Waals surface area contributed by atoms with Crippen LogP contribution in [-0.2, 0) is 0 Å². The Morgan fingerprint density at radius 2 is 2.17 bits per heavy atom. The summed E-state index contributed by atoms with van der Waals surface area (Å²) in [5.74, 6) is 0. The first-order valence-corrected chi connectivity index (χ1v) is 3.86. The smallest absolute Gasteiger partial charge is 0.310 e. The van der Waals surface area contributed by atoms with Crippen molar-refractivity contribution in [2.75, 3.05) is 0 Å². The first kappa shape index (κ1) is 8.66. The van der Waals surface area contributed by atoms with Crippen LogP contribution < -0.4 is 10.4 Å². The maximum Gasteiger partial charge on any atom is 0.310 e. The highest BCUT2D eigenvalue weighted by molar-refractivity contribution is 7.11. The van der Waals surface area contributed by atoms with E-state index < -0.39 is 15.5 Å². The molecule has 0 saturated heterocycles. The van der Waals surface area contributed by atoms with Gasteiger partial charge in [-0.3, -0.25) is 14.6 Å². The minimum atomic E-state index is -0.719. The molecule has 0 saturated carbocycles. The zero-order valence-corrected chi connectivity index (χ0v) is 6.99. The first-order valence-electron chi connectivity index (χ1n) is 3.04. The third-order valence-corrected chi connectivity index (χ3v) is 1.91. The van der Waals surface area contributed by atoms with Crippen molar-refractivity contribution < 1.29 is 5.11 Å². The number of aromatic amines is 1. The number of hydrogen-bond acceptors (Lipinski definition) is 5. The number of aromatic nitrogens is 1. The minimum absolute atomic E-state index is 0.0648. The van der Waals surface area contributed by atoms with Gasteiger partial charge in [0.25, 0.3) is 5.56 Å². The lowest BCUT2D eigenvalue weighted by molar-refractivity contribution is 0.487. The average Bonchev–Trinajstić information content (AvgIpc) is 1.82. The summed E-state index contributed by atoms with van der Waals surface area (Å²) < 4.78 is 0. The van der Waals surface area contributed by atoms with Crippen molar-refractivity contribution in [2.45, 2.75) is 6.92 Å². The molecule has 6 heteroatoms. The van der Waals surface area contributed by atoms with Crippen molar-refractivity contribution in [1.82, 2.24) is 4.98 Å². The van der Waals surface area contributed by atoms with E-state index in [1.54, 1.807) is 0 Å². The Labute approximate surface area is 70.8 Å². The molecule has 1 aromatic rings. The maximum absolute atomic E-state index is 11.0. The van der Waals surface area contributed by atoms with Gasteiger partial charge >= 0.3 is 4.87 Å². The second-order valence-corrected chi connectivity index (χ2v) is 3.11. The average molecular weight is 186 g/mol. The molecule has 0 aliphatic rings. The van der Waals surface area contributed by atoms with Crippen LogP contribution >= 0.6 is 11.3 Å². The van der Waals surface area contributed by atoms with Gasteiger partial charge in [0.15, 0.2) is 5.06 Å². The number of rotatable bonds is 1. The Kier molecular flexibility index (Phi) is 2.09. The molecule has 3 N–H and O–H groups in total. The van der Waals surface area contributed by atoms with Gasteiger partial charge in [0.1, 0.15) is 5.56 Å². The molecule has 0 aliphatic heterocycles. The summed E-state index contributed by atoms with van der Waals surface area (Å²) in [4.78, 5) is 22.9. The van der Waals surface area contributed by atoms with Crippen LogP contribution in [-0.4, -0.2) is 15.8 Å². The lowest BCUT2D eigenvalue weighted by Crippen LogP contribution is -2.22. The van der Waals surface area contributed by atoms with Gasteiger partial charge in [-0.15, -0.1) is 0 Å². The molecule has 0 amide bonds. The van der Waals surface area contributed by atoms with Gasteiger partial charge < -0.3 is 10.5 Å². The number of nitrogens with one attached hydrogen (secondary N) is 2. The standard InChI is InChI=1S/C6H6N2O3S/c1-2(7)3-4(9)8-6(11)12-5(3)10/h7,10H,1H3,(H,8,9,11). The molecule has 0 aliphatic carbocycles. The topological polar surface area (TPSA) is 94.0 Å². The molecule has 0 spiro atoms. The highest BCUT2D eigenvalue weighted by Crippen LogP contribution is 2.14. The largest absolute Gasteiger partial charge is 0.499 e. The van der Waals surface area contributed by atoms with E-state index >= 15 is 0 Å². The molecule has 0 aromatic carbocycles. The molecule has 5 nitrogen and oxygen atoms in total. The molecule has 0 fully saturated rings. The Bertz CT molecular complexity index is 431. The Hall–Kier alpha value is -1.43. The van der Waals surface area contributed by atoms with Crippen LogP contribution in [0.4, 0.5) is 0 Å². The van der Waals surface area contributed by atoms with Crippen molar-refractivity contribution >= 4 is 17.0 Å². The van der Waals surface area contributed by atoms with Crippen LogP contribution in [0.3, 0.4) is 0 Å². The van der Waals surface area contributed by atoms with Gasteiger partial charge in [-0.25, -0.2) is 0 Å². The Balaban J connectivity index is 3.60. The van der Waals surface area contributed by atoms with Gasteiger partial charge in [0, 0.05) is 5.71 Å². The van der Waals surface area contributed by atoms with E-state index in [0.29, 0.717) is 11.3 Å². The van der Waals surface area contributed by atoms with Crippen LogP contribution in [0.1, 0.15) is 12.5 Å². The second kappa shape index (κ2) is 2.90. The van der Waals surface area contributed by atoms with Crippen LogP contribution in [0, 0.1) is 5.41 Å². The normalized spacial score (nSPS) is 9.75. The van der Waals surface area contributed by atoms with E-state index in [1.165, 1.54) is 6.92 Å². The van der Waals surface area contributed by atoms with E-state index in [-0.39, 0.29) is 11.3 Å². The lowest BCUT2D eigenvalue weighted by Gasteiger charge is -1.96. The van der Waals surface area contributed by atoms with E-state index in [1.807, 2.05) is 4.98 Å². The first-order chi connectivity index (χ1) is 5.52. The summed E-state index contributed by atoms with van der Waals surface area (Å²) in [6, 6.07) is 0. The molecule has 1 rings (SSSR count). The van der Waals surface area contributed by atoms with E-state index in [0.717, 1.165) is 0 Å². The molecular formula is C6H6N2O3S. The van der Waals surface area contributed by atoms with Gasteiger partial charge in [0.2, 0.25) is 0 Å². The molecule has 0 unspecified atom stereocenters. The lowest BCUT2D eigenvalue weighted by atomic mass is 10.2. The molecule has 0 atom stereocenters. The van der Waals surface area contributed by atoms with Gasteiger partial charge in [-0.05, 0) is 18.3 Å². The van der Waals surface area contributed by atoms with Gasteiger partial charge in [-0.2, -0.15) is 0 Å². The summed E-state index contributed by atoms with van der Waals surface area (Å²) in [5, 5.41) is 15.8. The summed E-state index contributed by atoms with van der Waals surface area (Å²) in [6.07, 6.45) is 0. The predicted molar refractivity (Wildman–Crippen MR) is 45.4 cm³/mol. The monoisotopic (exact) mass is 186 g/mol. The predicted octanol–water partition coefficient (Wildman–Crippen LogP) is -0.110. The number of aromatic hydroxyl groups is 1. The molecule has 64 valence electrons. The van der Waals surface area contributed by atoms with Crippen LogP contribution in [0.25, 0.3) is 0 Å². The fraction of sp³-hybridized carbons (Fsp3) is 0.167. The summed E-state index contributed by atoms with van der Waals surface area (Å²) >= 11 is 0.505. The van der Waals surface area contributed by atoms with Crippen molar-refractivity contribution in [3.8, 4) is 5.06 Å². The Morgan fingerprint density at radius 1 is 1.58 bits per heavy atom. The number of H-pyrrole nitrogens is 1. The van der Waals surface area contributed by atoms with Crippen molar-refractivity contribution in [3.63, 3.8) is 0 Å². The van der Waals surface area contributed by atoms with Crippen molar-refractivity contribution in [3.05, 3.63) is 25.6 Å². The van der Waals surface area contributed by atoms with Crippen LogP contribution in [0.5, 0.6) is 5.06 Å². The van der Waals surface area contributed by atoms with Gasteiger partial charge in [0.05, 0.1) is 0 Å². The fourth-order valence-corrected chi connectivity index (χ4v) is 1.41. The molecule has 0 bridgehead atoms. The highest BCUT2D eigenvalue weighted by atomic mass is 32.1. The third-order valence-electron chi connectivity index (χ3n) is 1.22. The highest BCUT2D eigenvalue weighted by Gasteiger charge is 2.09. The fourth-order valence-electron chi connectivity index (χ4n) is 0.747. The molecular weight excluding hydrogens is 180 g/mol. The second-order valence-electron chi connectivity index (χ2n) is 2.15. The van der Waals surface area contributed by atoms with Crippen LogP contribution in [0.2, 0.25) is 0 Å². The summed E-state index contributed by atoms with van der Waals surface area (Å²) in [6.45, 7) is 1.36.